The molecule has 0 aromatic heterocycles. The fourth-order valence-corrected chi connectivity index (χ4v) is 5.61. The summed E-state index contributed by atoms with van der Waals surface area (Å²) in [6.45, 7) is -0.496. The van der Waals surface area contributed by atoms with Gasteiger partial charge >= 0.3 is 5.97 Å². The van der Waals surface area contributed by atoms with Gasteiger partial charge in [0, 0.05) is 11.4 Å². The van der Waals surface area contributed by atoms with E-state index >= 15 is 0 Å². The molecule has 0 radical (unpaired) electrons. The quantitative estimate of drug-likeness (QED) is 0.454. The van der Waals surface area contributed by atoms with Crippen LogP contribution in [0.25, 0.3) is 0 Å². The molecule has 0 aliphatic carbocycles. The van der Waals surface area contributed by atoms with Crippen LogP contribution in [0.2, 0.25) is 0 Å². The molecule has 1 unspecified atom stereocenters. The SMILES string of the molecule is O=C(COC(=O)C1CCCCN1S(=O)(=O)c1ccccc1)Nc1ccccc1SC(F)F. The van der Waals surface area contributed by atoms with Crippen LogP contribution >= 0.6 is 11.8 Å². The molecule has 172 valence electrons. The average Bonchev–Trinajstić information content (AvgIpc) is 2.79. The largest absolute Gasteiger partial charge is 0.454 e. The Morgan fingerprint density at radius 2 is 1.78 bits per heavy atom. The highest BCUT2D eigenvalue weighted by Gasteiger charge is 2.38. The number of para-hydroxylation sites is 1. The van der Waals surface area contributed by atoms with Gasteiger partial charge in [-0.15, -0.1) is 0 Å². The molecule has 0 bridgehead atoms. The van der Waals surface area contributed by atoms with Crippen molar-refractivity contribution in [2.45, 2.75) is 40.9 Å². The smallest absolute Gasteiger partial charge is 0.324 e. The van der Waals surface area contributed by atoms with Gasteiger partial charge in [0.25, 0.3) is 11.7 Å². The lowest BCUT2D eigenvalue weighted by atomic mass is 10.1. The van der Waals surface area contributed by atoms with E-state index in [1.807, 2.05) is 0 Å². The third-order valence-electron chi connectivity index (χ3n) is 4.80. The number of hydrogen-bond donors (Lipinski definition) is 1. The lowest BCUT2D eigenvalue weighted by Gasteiger charge is -2.32. The molecule has 11 heteroatoms. The molecule has 2 aromatic carbocycles. The van der Waals surface area contributed by atoms with E-state index in [-0.39, 0.29) is 40.2 Å². The first-order chi connectivity index (χ1) is 15.3. The van der Waals surface area contributed by atoms with Gasteiger partial charge < -0.3 is 10.1 Å². The molecule has 1 atom stereocenters. The van der Waals surface area contributed by atoms with E-state index in [9.17, 15) is 26.8 Å². The summed E-state index contributed by atoms with van der Waals surface area (Å²) < 4.78 is 57.5. The van der Waals surface area contributed by atoms with Crippen molar-refractivity contribution in [2.75, 3.05) is 18.5 Å². The zero-order chi connectivity index (χ0) is 23.1. The Kier molecular flexibility index (Phi) is 8.21. The topological polar surface area (TPSA) is 92.8 Å². The van der Waals surface area contributed by atoms with Gasteiger partial charge in [0.15, 0.2) is 6.61 Å². The lowest BCUT2D eigenvalue weighted by Crippen LogP contribution is -2.48. The number of ether oxygens (including phenoxy) is 1. The maximum Gasteiger partial charge on any atom is 0.324 e. The fourth-order valence-electron chi connectivity index (χ4n) is 3.34. The first-order valence-electron chi connectivity index (χ1n) is 9.86. The number of benzene rings is 2. The summed E-state index contributed by atoms with van der Waals surface area (Å²) in [7, 11) is -3.90. The lowest BCUT2D eigenvalue weighted by molar-refractivity contribution is -0.152. The van der Waals surface area contributed by atoms with Gasteiger partial charge in [-0.25, -0.2) is 8.42 Å². The molecule has 1 amide bonds. The van der Waals surface area contributed by atoms with E-state index in [0.29, 0.717) is 12.8 Å². The highest BCUT2D eigenvalue weighted by atomic mass is 32.2. The van der Waals surface area contributed by atoms with E-state index in [0.717, 1.165) is 4.31 Å². The van der Waals surface area contributed by atoms with Gasteiger partial charge in [-0.1, -0.05) is 42.1 Å². The van der Waals surface area contributed by atoms with Gasteiger partial charge in [0.2, 0.25) is 10.0 Å². The summed E-state index contributed by atoms with van der Waals surface area (Å²) >= 11 is 0.286. The maximum absolute atomic E-state index is 13.0. The van der Waals surface area contributed by atoms with Crippen molar-refractivity contribution < 1.29 is 31.5 Å². The molecule has 1 aliphatic heterocycles. The Morgan fingerprint density at radius 3 is 2.50 bits per heavy atom. The second-order valence-electron chi connectivity index (χ2n) is 6.97. The standard InChI is InChI=1S/C21H22F2N2O5S2/c22-21(23)31-18-12-5-4-10-16(18)24-19(26)14-30-20(27)17-11-6-7-13-25(17)32(28,29)15-8-2-1-3-9-15/h1-5,8-10,12,17,21H,6-7,11,13-14H2,(H,24,26). The van der Waals surface area contributed by atoms with E-state index in [1.165, 1.54) is 24.3 Å². The molecule has 1 fully saturated rings. The van der Waals surface area contributed by atoms with Crippen LogP contribution in [0.15, 0.2) is 64.4 Å². The van der Waals surface area contributed by atoms with E-state index in [2.05, 4.69) is 5.32 Å². The average molecular weight is 485 g/mol. The number of carbonyl (C=O) groups excluding carboxylic acids is 2. The number of halogens is 2. The predicted octanol–water partition coefficient (Wildman–Crippen LogP) is 3.73. The number of rotatable bonds is 8. The summed E-state index contributed by atoms with van der Waals surface area (Å²) in [5.41, 5.74) is 0.171. The third kappa shape index (κ3) is 6.05. The number of esters is 1. The second-order valence-corrected chi connectivity index (χ2v) is 9.89. The molecule has 1 N–H and O–H groups in total. The molecular formula is C21H22F2N2O5S2. The monoisotopic (exact) mass is 484 g/mol. The van der Waals surface area contributed by atoms with Crippen molar-refractivity contribution in [2.24, 2.45) is 0 Å². The number of hydrogen-bond acceptors (Lipinski definition) is 6. The van der Waals surface area contributed by atoms with E-state index in [1.54, 1.807) is 30.3 Å². The molecule has 7 nitrogen and oxygen atoms in total. The number of alkyl halides is 2. The van der Waals surface area contributed by atoms with Gasteiger partial charge in [0.1, 0.15) is 6.04 Å². The molecule has 2 aromatic rings. The molecular weight excluding hydrogens is 462 g/mol. The summed E-state index contributed by atoms with van der Waals surface area (Å²) in [6, 6.07) is 12.8. The van der Waals surface area contributed by atoms with Gasteiger partial charge in [-0.2, -0.15) is 13.1 Å². The Hall–Kier alpha value is -2.50. The fraction of sp³-hybridized carbons (Fsp3) is 0.333. The first-order valence-corrected chi connectivity index (χ1v) is 12.2. The number of sulfonamides is 1. The van der Waals surface area contributed by atoms with Gasteiger partial charge in [-0.3, -0.25) is 9.59 Å². The maximum atomic E-state index is 13.0. The Labute approximate surface area is 189 Å². The van der Waals surface area contributed by atoms with Crippen LogP contribution in [-0.2, 0) is 24.3 Å². The van der Waals surface area contributed by atoms with Crippen molar-refractivity contribution in [1.82, 2.24) is 4.31 Å². The molecule has 0 spiro atoms. The first kappa shape index (κ1) is 24.1. The van der Waals surface area contributed by atoms with E-state index < -0.39 is 40.3 Å². The predicted molar refractivity (Wildman–Crippen MR) is 116 cm³/mol. The third-order valence-corrected chi connectivity index (χ3v) is 7.51. The van der Waals surface area contributed by atoms with Gasteiger partial charge in [-0.05, 0) is 43.5 Å². The number of thioether (sulfide) groups is 1. The van der Waals surface area contributed by atoms with Crippen molar-refractivity contribution in [1.29, 1.82) is 0 Å². The minimum atomic E-state index is -3.90. The number of amides is 1. The van der Waals surface area contributed by atoms with Crippen LogP contribution in [0.5, 0.6) is 0 Å². The van der Waals surface area contributed by atoms with Gasteiger partial charge in [0.05, 0.1) is 10.6 Å². The number of anilines is 1. The second kappa shape index (κ2) is 10.9. The summed E-state index contributed by atoms with van der Waals surface area (Å²) in [6.07, 6.45) is 1.53. The van der Waals surface area contributed by atoms with Crippen molar-refractivity contribution in [3.63, 3.8) is 0 Å². The number of piperidine rings is 1. The zero-order valence-electron chi connectivity index (χ0n) is 16.9. The number of nitrogens with zero attached hydrogens (tertiary/aromatic N) is 1. The zero-order valence-corrected chi connectivity index (χ0v) is 18.6. The number of carbonyl (C=O) groups is 2. The molecule has 1 heterocycles. The molecule has 1 saturated heterocycles. The summed E-state index contributed by atoms with van der Waals surface area (Å²) in [4.78, 5) is 25.1. The number of nitrogens with one attached hydrogen (secondary N) is 1. The normalized spacial score (nSPS) is 17.2. The minimum absolute atomic E-state index is 0.0746. The Morgan fingerprint density at radius 1 is 1.09 bits per heavy atom. The van der Waals surface area contributed by atoms with Crippen LogP contribution in [0, 0.1) is 0 Å². The molecule has 1 aliphatic rings. The highest BCUT2D eigenvalue weighted by Crippen LogP contribution is 2.31. The highest BCUT2D eigenvalue weighted by molar-refractivity contribution is 7.99. The van der Waals surface area contributed by atoms with Crippen molar-refractivity contribution in [3.05, 3.63) is 54.6 Å². The van der Waals surface area contributed by atoms with E-state index in [4.69, 9.17) is 4.74 Å². The van der Waals surface area contributed by atoms with Crippen LogP contribution < -0.4 is 5.32 Å². The molecule has 0 saturated carbocycles. The van der Waals surface area contributed by atoms with Crippen LogP contribution in [0.3, 0.4) is 0 Å². The minimum Gasteiger partial charge on any atom is -0.454 e. The van der Waals surface area contributed by atoms with Crippen molar-refractivity contribution in [3.8, 4) is 0 Å². The summed E-state index contributed by atoms with van der Waals surface area (Å²) in [5.74, 6) is -4.20. The van der Waals surface area contributed by atoms with Crippen molar-refractivity contribution >= 4 is 39.3 Å². The Bertz CT molecular complexity index is 1050. The Balaban J connectivity index is 1.64. The van der Waals surface area contributed by atoms with Crippen LogP contribution in [-0.4, -0.2) is 49.6 Å². The van der Waals surface area contributed by atoms with Crippen LogP contribution in [0.4, 0.5) is 14.5 Å². The molecule has 3 rings (SSSR count). The van der Waals surface area contributed by atoms with Crippen LogP contribution in [0.1, 0.15) is 19.3 Å². The molecule has 32 heavy (non-hydrogen) atoms. The summed E-state index contributed by atoms with van der Waals surface area (Å²) in [5, 5.41) is 2.44.